The highest BCUT2D eigenvalue weighted by Gasteiger charge is 2.52. The van der Waals surface area contributed by atoms with Gasteiger partial charge in [-0.05, 0) is 0 Å². The van der Waals surface area contributed by atoms with Gasteiger partial charge in [-0.1, -0.05) is 30.3 Å². The van der Waals surface area contributed by atoms with Crippen LogP contribution in [0, 0.1) is 11.5 Å². The van der Waals surface area contributed by atoms with Crippen molar-refractivity contribution in [3.63, 3.8) is 0 Å². The molecule has 0 spiro atoms. The van der Waals surface area contributed by atoms with Crippen LogP contribution in [0.2, 0.25) is 0 Å². The molecule has 142 valence electrons. The largest absolute Gasteiger partial charge is 0.353 e. The summed E-state index contributed by atoms with van der Waals surface area (Å²) in [5, 5.41) is 11.7. The highest BCUT2D eigenvalue weighted by atomic mass is 32.2. The van der Waals surface area contributed by atoms with E-state index in [-0.39, 0.29) is 6.61 Å². The van der Waals surface area contributed by atoms with Gasteiger partial charge in [0.05, 0.1) is 18.9 Å². The quantitative estimate of drug-likeness (QED) is 0.433. The van der Waals surface area contributed by atoms with Gasteiger partial charge in [0.2, 0.25) is 0 Å². The standard InChI is InChI=1S/C16H20N2O7S/c1-21-16-14(25-26(2,19)20)12(18-9-17)13-11(23-16)8-22-15(24-13)10-6-4-3-5-7-10/h3-7,11-16,18H,8H2,1-2H3/t11-,12+,13-,14-,15-,16-/m0/s1. The Labute approximate surface area is 151 Å². The number of hydrogen-bond acceptors (Lipinski definition) is 9. The second kappa shape index (κ2) is 7.87. The first-order chi connectivity index (χ1) is 12.4. The molecule has 1 N–H and O–H groups in total. The van der Waals surface area contributed by atoms with Crippen molar-refractivity contribution in [2.75, 3.05) is 20.0 Å². The molecular weight excluding hydrogens is 364 g/mol. The van der Waals surface area contributed by atoms with E-state index in [1.54, 1.807) is 0 Å². The molecule has 2 heterocycles. The first-order valence-corrected chi connectivity index (χ1v) is 9.77. The number of fused-ring (bicyclic) bond motifs is 1. The molecule has 0 bridgehead atoms. The van der Waals surface area contributed by atoms with Gasteiger partial charge in [0.15, 0.2) is 24.9 Å². The van der Waals surface area contributed by atoms with Crippen LogP contribution in [0.5, 0.6) is 0 Å². The molecule has 26 heavy (non-hydrogen) atoms. The summed E-state index contributed by atoms with van der Waals surface area (Å²) in [6.45, 7) is 0.194. The highest BCUT2D eigenvalue weighted by Crippen LogP contribution is 2.35. The zero-order chi connectivity index (χ0) is 18.7. The number of ether oxygens (including phenoxy) is 4. The Bertz CT molecular complexity index is 752. The lowest BCUT2D eigenvalue weighted by molar-refractivity contribution is -0.336. The smallest absolute Gasteiger partial charge is 0.264 e. The van der Waals surface area contributed by atoms with Crippen molar-refractivity contribution in [1.29, 1.82) is 5.26 Å². The fraction of sp³-hybridized carbons (Fsp3) is 0.562. The lowest BCUT2D eigenvalue weighted by atomic mass is 9.95. The monoisotopic (exact) mass is 384 g/mol. The zero-order valence-corrected chi connectivity index (χ0v) is 15.1. The molecule has 0 aliphatic carbocycles. The van der Waals surface area contributed by atoms with Crippen molar-refractivity contribution in [2.24, 2.45) is 0 Å². The Morgan fingerprint density at radius 1 is 1.27 bits per heavy atom. The average molecular weight is 384 g/mol. The molecule has 0 radical (unpaired) electrons. The summed E-state index contributed by atoms with van der Waals surface area (Å²) in [6.07, 6.45) is -1.23. The summed E-state index contributed by atoms with van der Waals surface area (Å²) >= 11 is 0. The topological polar surface area (TPSA) is 116 Å². The van der Waals surface area contributed by atoms with Gasteiger partial charge in [-0.15, -0.1) is 0 Å². The van der Waals surface area contributed by atoms with E-state index < -0.39 is 47.1 Å². The second-order valence-electron chi connectivity index (χ2n) is 6.00. The number of methoxy groups -OCH3 is 1. The molecular formula is C16H20N2O7S. The van der Waals surface area contributed by atoms with E-state index in [9.17, 15) is 8.42 Å². The van der Waals surface area contributed by atoms with E-state index >= 15 is 0 Å². The molecule has 2 aliphatic rings. The minimum Gasteiger partial charge on any atom is -0.353 e. The van der Waals surface area contributed by atoms with Crippen molar-refractivity contribution in [3.8, 4) is 6.19 Å². The van der Waals surface area contributed by atoms with Gasteiger partial charge in [-0.3, -0.25) is 4.18 Å². The third-order valence-electron chi connectivity index (χ3n) is 4.17. The number of nitrogens with zero attached hydrogens (tertiary/aromatic N) is 1. The number of nitrogens with one attached hydrogen (secondary N) is 1. The molecule has 2 fully saturated rings. The van der Waals surface area contributed by atoms with E-state index in [0.717, 1.165) is 11.8 Å². The van der Waals surface area contributed by atoms with E-state index in [4.69, 9.17) is 28.4 Å². The van der Waals surface area contributed by atoms with Gasteiger partial charge in [0.25, 0.3) is 10.1 Å². The van der Waals surface area contributed by atoms with Gasteiger partial charge >= 0.3 is 0 Å². The number of rotatable bonds is 5. The van der Waals surface area contributed by atoms with Crippen molar-refractivity contribution < 1.29 is 31.5 Å². The third kappa shape index (κ3) is 4.15. The molecule has 3 rings (SSSR count). The first kappa shape index (κ1) is 19.0. The Balaban J connectivity index is 1.87. The Morgan fingerprint density at radius 3 is 2.62 bits per heavy atom. The van der Waals surface area contributed by atoms with Gasteiger partial charge in [0.1, 0.15) is 12.2 Å². The second-order valence-corrected chi connectivity index (χ2v) is 7.60. The predicted molar refractivity (Wildman–Crippen MR) is 87.9 cm³/mol. The predicted octanol–water partition coefficient (Wildman–Crippen LogP) is 0.256. The van der Waals surface area contributed by atoms with Crippen LogP contribution >= 0.6 is 0 Å². The Hall–Kier alpha value is -1.74. The normalized spacial score (nSPS) is 34.5. The third-order valence-corrected chi connectivity index (χ3v) is 4.74. The van der Waals surface area contributed by atoms with Gasteiger partial charge in [0, 0.05) is 12.7 Å². The van der Waals surface area contributed by atoms with Crippen molar-refractivity contribution in [3.05, 3.63) is 35.9 Å². The van der Waals surface area contributed by atoms with E-state index in [1.165, 1.54) is 7.11 Å². The molecule has 10 heteroatoms. The van der Waals surface area contributed by atoms with E-state index in [2.05, 4.69) is 5.32 Å². The molecule has 1 aromatic rings. The number of nitriles is 1. The minimum atomic E-state index is -3.82. The molecule has 0 unspecified atom stereocenters. The minimum absolute atomic E-state index is 0.194. The molecule has 2 saturated heterocycles. The first-order valence-electron chi connectivity index (χ1n) is 7.96. The molecule has 2 aliphatic heterocycles. The van der Waals surface area contributed by atoms with E-state index in [0.29, 0.717) is 0 Å². The van der Waals surface area contributed by atoms with Gasteiger partial charge in [-0.2, -0.15) is 13.7 Å². The van der Waals surface area contributed by atoms with Crippen LogP contribution in [0.3, 0.4) is 0 Å². The summed E-state index contributed by atoms with van der Waals surface area (Å²) in [4.78, 5) is 0. The SMILES string of the molecule is CO[C@H]1O[C@H]2CO[C@H](c3ccccc3)O[C@@H]2[C@@H](NC#N)[C@@H]1OS(C)(=O)=O. The average Bonchev–Trinajstić information content (AvgIpc) is 2.62. The molecule has 0 saturated carbocycles. The fourth-order valence-corrected chi connectivity index (χ4v) is 3.72. The summed E-state index contributed by atoms with van der Waals surface area (Å²) in [6, 6.07) is 8.49. The maximum atomic E-state index is 11.6. The van der Waals surface area contributed by atoms with Crippen molar-refractivity contribution in [1.82, 2.24) is 5.32 Å². The van der Waals surface area contributed by atoms with Crippen LogP contribution in [0.15, 0.2) is 30.3 Å². The van der Waals surface area contributed by atoms with Crippen LogP contribution in [-0.2, 0) is 33.2 Å². The molecule has 0 aromatic heterocycles. The summed E-state index contributed by atoms with van der Waals surface area (Å²) in [5.74, 6) is 0. The maximum Gasteiger partial charge on any atom is 0.264 e. The number of benzene rings is 1. The van der Waals surface area contributed by atoms with Crippen LogP contribution in [-0.4, -0.2) is 59.0 Å². The lowest BCUT2D eigenvalue weighted by Crippen LogP contribution is -2.66. The molecule has 0 amide bonds. The lowest BCUT2D eigenvalue weighted by Gasteiger charge is -2.48. The van der Waals surface area contributed by atoms with Crippen LogP contribution in [0.4, 0.5) is 0 Å². The number of hydrogen-bond donors (Lipinski definition) is 1. The molecule has 9 nitrogen and oxygen atoms in total. The molecule has 1 aromatic carbocycles. The van der Waals surface area contributed by atoms with Crippen LogP contribution in [0.25, 0.3) is 0 Å². The molecule has 6 atom stereocenters. The van der Waals surface area contributed by atoms with Crippen molar-refractivity contribution >= 4 is 10.1 Å². The Morgan fingerprint density at radius 2 is 2.00 bits per heavy atom. The summed E-state index contributed by atoms with van der Waals surface area (Å²) in [5.41, 5.74) is 0.802. The summed E-state index contributed by atoms with van der Waals surface area (Å²) < 4.78 is 51.1. The van der Waals surface area contributed by atoms with Crippen LogP contribution < -0.4 is 5.32 Å². The van der Waals surface area contributed by atoms with E-state index in [1.807, 2.05) is 36.5 Å². The van der Waals surface area contributed by atoms with Crippen molar-refractivity contribution in [2.45, 2.75) is 36.9 Å². The highest BCUT2D eigenvalue weighted by molar-refractivity contribution is 7.86. The van der Waals surface area contributed by atoms with Gasteiger partial charge in [-0.25, -0.2) is 0 Å². The van der Waals surface area contributed by atoms with Gasteiger partial charge < -0.3 is 24.3 Å². The fourth-order valence-electron chi connectivity index (χ4n) is 3.11. The van der Waals surface area contributed by atoms with Crippen LogP contribution in [0.1, 0.15) is 11.9 Å². The summed E-state index contributed by atoms with van der Waals surface area (Å²) in [7, 11) is -2.45. The zero-order valence-electron chi connectivity index (χ0n) is 14.3. The Kier molecular flexibility index (Phi) is 5.76. The maximum absolute atomic E-state index is 11.6.